The van der Waals surface area contributed by atoms with Crippen LogP contribution in [0.2, 0.25) is 0 Å². The van der Waals surface area contributed by atoms with E-state index < -0.39 is 12.0 Å². The monoisotopic (exact) mass is 385 g/mol. The topological polar surface area (TPSA) is 63.7 Å². The van der Waals surface area contributed by atoms with Gasteiger partial charge >= 0.3 is 5.97 Å². The highest BCUT2D eigenvalue weighted by Gasteiger charge is 2.43. The van der Waals surface area contributed by atoms with Gasteiger partial charge in [0, 0.05) is 6.42 Å². The average molecular weight is 386 g/mol. The van der Waals surface area contributed by atoms with Crippen LogP contribution in [0.3, 0.4) is 0 Å². The molecule has 1 aliphatic carbocycles. The van der Waals surface area contributed by atoms with Crippen molar-refractivity contribution >= 4 is 17.8 Å². The molecule has 2 fully saturated rings. The maximum Gasteiger partial charge on any atom is 0.329 e. The molecule has 1 aromatic carbocycles. The number of benzene rings is 1. The normalized spacial score (nSPS) is 27.9. The van der Waals surface area contributed by atoms with E-state index in [0.717, 1.165) is 29.7 Å². The zero-order chi connectivity index (χ0) is 20.3. The number of esters is 1. The summed E-state index contributed by atoms with van der Waals surface area (Å²) >= 11 is 0. The van der Waals surface area contributed by atoms with Crippen molar-refractivity contribution in [1.82, 2.24) is 4.90 Å². The minimum atomic E-state index is -0.784. The van der Waals surface area contributed by atoms with Crippen molar-refractivity contribution in [2.24, 2.45) is 17.8 Å². The van der Waals surface area contributed by atoms with Gasteiger partial charge in [-0.2, -0.15) is 0 Å². The van der Waals surface area contributed by atoms with Gasteiger partial charge in [0.1, 0.15) is 12.1 Å². The molecule has 0 unspecified atom stereocenters. The van der Waals surface area contributed by atoms with E-state index in [1.807, 2.05) is 30.3 Å². The fraction of sp³-hybridized carbons (Fsp3) is 0.609. The molecule has 3 rings (SSSR count). The molecule has 0 spiro atoms. The molecule has 1 aliphatic heterocycles. The number of carbonyl (C=O) groups excluding carboxylic acids is 3. The average Bonchev–Trinajstić information content (AvgIpc) is 3.04. The number of ether oxygens (including phenoxy) is 1. The molecular weight excluding hydrogens is 354 g/mol. The highest BCUT2D eigenvalue weighted by Crippen LogP contribution is 2.36. The Bertz CT molecular complexity index is 715. The minimum absolute atomic E-state index is 0.117. The van der Waals surface area contributed by atoms with E-state index in [1.54, 1.807) is 0 Å². The largest absolute Gasteiger partial charge is 0.461 e. The summed E-state index contributed by atoms with van der Waals surface area (Å²) in [6.45, 7) is 6.51. The van der Waals surface area contributed by atoms with Crippen LogP contribution in [0, 0.1) is 17.8 Å². The van der Waals surface area contributed by atoms with Crippen LogP contribution in [0.1, 0.15) is 58.4 Å². The first-order valence-corrected chi connectivity index (χ1v) is 10.5. The van der Waals surface area contributed by atoms with E-state index in [-0.39, 0.29) is 30.8 Å². The van der Waals surface area contributed by atoms with Gasteiger partial charge in [-0.05, 0) is 42.6 Å². The SMILES string of the molecule is CC(C)[C@@H]1CC[C@@H](C)C[C@H]1OC(=O)[C@@H]1CCC(=O)N1C(=O)Cc1ccccc1. The fourth-order valence-corrected chi connectivity index (χ4v) is 4.55. The van der Waals surface area contributed by atoms with E-state index in [2.05, 4.69) is 20.8 Å². The third kappa shape index (κ3) is 4.62. The molecule has 4 atom stereocenters. The number of rotatable bonds is 5. The predicted molar refractivity (Wildman–Crippen MR) is 106 cm³/mol. The van der Waals surface area contributed by atoms with Crippen LogP contribution in [0.15, 0.2) is 30.3 Å². The van der Waals surface area contributed by atoms with Crippen molar-refractivity contribution in [2.45, 2.75) is 71.4 Å². The van der Waals surface area contributed by atoms with Crippen LogP contribution in [0.25, 0.3) is 0 Å². The molecule has 0 bridgehead atoms. The van der Waals surface area contributed by atoms with Crippen molar-refractivity contribution in [3.05, 3.63) is 35.9 Å². The number of imide groups is 1. The maximum atomic E-state index is 12.9. The van der Waals surface area contributed by atoms with Crippen LogP contribution in [-0.2, 0) is 25.5 Å². The molecule has 1 saturated carbocycles. The Kier molecular flexibility index (Phi) is 6.53. The van der Waals surface area contributed by atoms with Gasteiger partial charge in [-0.15, -0.1) is 0 Å². The van der Waals surface area contributed by atoms with Gasteiger partial charge in [0.05, 0.1) is 6.42 Å². The predicted octanol–water partition coefficient (Wildman–Crippen LogP) is 3.75. The van der Waals surface area contributed by atoms with Gasteiger partial charge in [-0.1, -0.05) is 57.5 Å². The Morgan fingerprint density at radius 1 is 1.14 bits per heavy atom. The van der Waals surface area contributed by atoms with E-state index in [9.17, 15) is 14.4 Å². The Labute approximate surface area is 167 Å². The summed E-state index contributed by atoms with van der Waals surface area (Å²) in [6, 6.07) is 8.51. The van der Waals surface area contributed by atoms with E-state index in [1.165, 1.54) is 0 Å². The quantitative estimate of drug-likeness (QED) is 0.724. The molecule has 1 heterocycles. The summed E-state index contributed by atoms with van der Waals surface area (Å²) in [5.74, 6) is 0.274. The fourth-order valence-electron chi connectivity index (χ4n) is 4.55. The van der Waals surface area contributed by atoms with Crippen molar-refractivity contribution < 1.29 is 19.1 Å². The second-order valence-corrected chi connectivity index (χ2v) is 8.68. The van der Waals surface area contributed by atoms with Crippen LogP contribution in [0.5, 0.6) is 0 Å². The number of likely N-dealkylation sites (tertiary alicyclic amines) is 1. The number of carbonyl (C=O) groups is 3. The molecule has 1 aromatic rings. The lowest BCUT2D eigenvalue weighted by Gasteiger charge is -2.37. The van der Waals surface area contributed by atoms with Crippen LogP contribution in [-0.4, -0.2) is 34.8 Å². The Morgan fingerprint density at radius 3 is 2.54 bits per heavy atom. The first-order valence-electron chi connectivity index (χ1n) is 10.5. The van der Waals surface area contributed by atoms with Crippen LogP contribution in [0.4, 0.5) is 0 Å². The minimum Gasteiger partial charge on any atom is -0.461 e. The summed E-state index contributed by atoms with van der Waals surface area (Å²) in [5, 5.41) is 0. The first kappa shape index (κ1) is 20.6. The Hall–Kier alpha value is -2.17. The molecule has 2 amide bonds. The molecule has 0 N–H and O–H groups in total. The first-order chi connectivity index (χ1) is 13.4. The second kappa shape index (κ2) is 8.89. The van der Waals surface area contributed by atoms with Gasteiger partial charge in [-0.25, -0.2) is 4.79 Å². The summed E-state index contributed by atoms with van der Waals surface area (Å²) in [6.07, 6.45) is 3.62. The molecule has 1 saturated heterocycles. The third-order valence-corrected chi connectivity index (χ3v) is 6.18. The molecule has 152 valence electrons. The number of nitrogens with zero attached hydrogens (tertiary/aromatic N) is 1. The smallest absolute Gasteiger partial charge is 0.329 e. The van der Waals surface area contributed by atoms with Crippen LogP contribution >= 0.6 is 0 Å². The lowest BCUT2D eigenvalue weighted by Crippen LogP contribution is -2.46. The highest BCUT2D eigenvalue weighted by atomic mass is 16.5. The van der Waals surface area contributed by atoms with Gasteiger partial charge in [0.25, 0.3) is 0 Å². The van der Waals surface area contributed by atoms with Crippen LogP contribution < -0.4 is 0 Å². The zero-order valence-electron chi connectivity index (χ0n) is 17.1. The van der Waals surface area contributed by atoms with E-state index in [4.69, 9.17) is 4.74 Å². The summed E-state index contributed by atoms with van der Waals surface area (Å²) in [4.78, 5) is 39.2. The maximum absolute atomic E-state index is 12.9. The zero-order valence-corrected chi connectivity index (χ0v) is 17.1. The summed E-state index contributed by atoms with van der Waals surface area (Å²) in [5.41, 5.74) is 0.834. The van der Waals surface area contributed by atoms with E-state index >= 15 is 0 Å². The molecule has 28 heavy (non-hydrogen) atoms. The number of hydrogen-bond donors (Lipinski definition) is 0. The highest BCUT2D eigenvalue weighted by molar-refractivity contribution is 6.02. The lowest BCUT2D eigenvalue weighted by molar-refractivity contribution is -0.166. The van der Waals surface area contributed by atoms with Gasteiger partial charge < -0.3 is 4.74 Å². The van der Waals surface area contributed by atoms with Crippen molar-refractivity contribution in [2.75, 3.05) is 0 Å². The molecule has 0 radical (unpaired) electrons. The van der Waals surface area contributed by atoms with Gasteiger partial charge in [0.2, 0.25) is 11.8 Å². The summed E-state index contributed by atoms with van der Waals surface area (Å²) in [7, 11) is 0. The number of hydrogen-bond acceptors (Lipinski definition) is 4. The molecule has 0 aromatic heterocycles. The summed E-state index contributed by atoms with van der Waals surface area (Å²) < 4.78 is 5.91. The van der Waals surface area contributed by atoms with E-state index in [0.29, 0.717) is 24.2 Å². The molecule has 5 heteroatoms. The van der Waals surface area contributed by atoms with Gasteiger partial charge in [-0.3, -0.25) is 14.5 Å². The third-order valence-electron chi connectivity index (χ3n) is 6.18. The Morgan fingerprint density at radius 2 is 1.86 bits per heavy atom. The van der Waals surface area contributed by atoms with Gasteiger partial charge in [0.15, 0.2) is 0 Å². The molecular formula is C23H31NO4. The molecule has 2 aliphatic rings. The number of amides is 2. The van der Waals surface area contributed by atoms with Crippen molar-refractivity contribution in [3.63, 3.8) is 0 Å². The second-order valence-electron chi connectivity index (χ2n) is 8.68. The molecule has 5 nitrogen and oxygen atoms in total. The Balaban J connectivity index is 1.69. The van der Waals surface area contributed by atoms with Crippen molar-refractivity contribution in [1.29, 1.82) is 0 Å². The lowest BCUT2D eigenvalue weighted by atomic mass is 9.75. The van der Waals surface area contributed by atoms with Crippen molar-refractivity contribution in [3.8, 4) is 0 Å². The standard InChI is InChI=1S/C23H31NO4/c1-15(2)18-10-9-16(3)13-20(18)28-23(27)19-11-12-21(25)24(19)22(26)14-17-7-5-4-6-8-17/h4-8,15-16,18-20H,9-14H2,1-3H3/t16-,18+,19+,20-/m1/s1.